The van der Waals surface area contributed by atoms with E-state index in [1.807, 2.05) is 0 Å². The number of carbonyl (C=O) groups is 2. The van der Waals surface area contributed by atoms with E-state index in [-0.39, 0.29) is 23.5 Å². The normalized spacial score (nSPS) is 21.6. The molecule has 7 nitrogen and oxygen atoms in total. The molecule has 0 saturated carbocycles. The van der Waals surface area contributed by atoms with E-state index in [4.69, 9.17) is 0 Å². The lowest BCUT2D eigenvalue weighted by atomic mass is 10.1. The molecule has 1 aromatic heterocycles. The second kappa shape index (κ2) is 4.66. The SMILES string of the molecule is Cn1ccc(C(=O)N2CCN3C(=O)NCC3C2)cc1=O. The number of urea groups is 1. The third-order valence-electron chi connectivity index (χ3n) is 3.87. The van der Waals surface area contributed by atoms with Gasteiger partial charge in [-0.25, -0.2) is 4.79 Å². The van der Waals surface area contributed by atoms with E-state index in [2.05, 4.69) is 5.32 Å². The molecule has 0 aliphatic carbocycles. The van der Waals surface area contributed by atoms with E-state index >= 15 is 0 Å². The van der Waals surface area contributed by atoms with E-state index < -0.39 is 0 Å². The van der Waals surface area contributed by atoms with Crippen LogP contribution in [-0.2, 0) is 7.05 Å². The predicted octanol–water partition coefficient (Wildman–Crippen LogP) is -0.765. The number of aryl methyl sites for hydroxylation is 1. The van der Waals surface area contributed by atoms with Crippen LogP contribution in [0, 0.1) is 0 Å². The fraction of sp³-hybridized carbons (Fsp3) is 0.462. The lowest BCUT2D eigenvalue weighted by Gasteiger charge is -2.36. The Kier molecular flexibility index (Phi) is 2.96. The zero-order chi connectivity index (χ0) is 14.3. The van der Waals surface area contributed by atoms with Gasteiger partial charge in [-0.15, -0.1) is 0 Å². The Balaban J connectivity index is 1.76. The molecule has 3 heterocycles. The molecule has 3 rings (SSSR count). The summed E-state index contributed by atoms with van der Waals surface area (Å²) in [6.45, 7) is 2.11. The summed E-state index contributed by atoms with van der Waals surface area (Å²) in [5.74, 6) is -0.151. The number of aromatic nitrogens is 1. The Bertz CT molecular complexity index is 624. The summed E-state index contributed by atoms with van der Waals surface area (Å²) in [4.78, 5) is 38.9. The highest BCUT2D eigenvalue weighted by molar-refractivity contribution is 5.94. The Labute approximate surface area is 115 Å². The van der Waals surface area contributed by atoms with Gasteiger partial charge >= 0.3 is 6.03 Å². The first-order valence-electron chi connectivity index (χ1n) is 6.56. The van der Waals surface area contributed by atoms with Crippen LogP contribution in [0.25, 0.3) is 0 Å². The number of hydrogen-bond acceptors (Lipinski definition) is 3. The standard InChI is InChI=1S/C13H16N4O3/c1-15-3-2-9(6-11(15)18)12(19)16-4-5-17-10(8-16)7-14-13(17)20/h2-3,6,10H,4-5,7-8H2,1H3,(H,14,20). The van der Waals surface area contributed by atoms with Crippen molar-refractivity contribution in [2.75, 3.05) is 26.2 Å². The molecule has 106 valence electrons. The molecule has 2 fully saturated rings. The van der Waals surface area contributed by atoms with E-state index in [1.165, 1.54) is 10.6 Å². The van der Waals surface area contributed by atoms with Crippen molar-refractivity contribution in [3.8, 4) is 0 Å². The van der Waals surface area contributed by atoms with Crippen LogP contribution in [0.2, 0.25) is 0 Å². The highest BCUT2D eigenvalue weighted by Crippen LogP contribution is 2.16. The van der Waals surface area contributed by atoms with Gasteiger partial charge in [0.2, 0.25) is 0 Å². The molecule has 0 spiro atoms. The number of carbonyl (C=O) groups excluding carboxylic acids is 2. The molecule has 7 heteroatoms. The lowest BCUT2D eigenvalue weighted by molar-refractivity contribution is 0.0616. The molecule has 2 aliphatic rings. The Hall–Kier alpha value is -2.31. The van der Waals surface area contributed by atoms with Crippen LogP contribution in [0.1, 0.15) is 10.4 Å². The minimum Gasteiger partial charge on any atom is -0.336 e. The summed E-state index contributed by atoms with van der Waals surface area (Å²) in [7, 11) is 1.64. The number of rotatable bonds is 1. The molecule has 1 N–H and O–H groups in total. The molecule has 3 amide bonds. The van der Waals surface area contributed by atoms with Crippen molar-refractivity contribution in [1.82, 2.24) is 19.7 Å². The zero-order valence-corrected chi connectivity index (χ0v) is 11.2. The topological polar surface area (TPSA) is 74.7 Å². The van der Waals surface area contributed by atoms with Crippen molar-refractivity contribution < 1.29 is 9.59 Å². The quantitative estimate of drug-likeness (QED) is 0.732. The van der Waals surface area contributed by atoms with Crippen LogP contribution < -0.4 is 10.9 Å². The van der Waals surface area contributed by atoms with Crippen LogP contribution in [0.4, 0.5) is 4.79 Å². The van der Waals surface area contributed by atoms with Gasteiger partial charge in [-0.2, -0.15) is 0 Å². The highest BCUT2D eigenvalue weighted by atomic mass is 16.2. The fourth-order valence-electron chi connectivity index (χ4n) is 2.65. The molecule has 2 saturated heterocycles. The summed E-state index contributed by atoms with van der Waals surface area (Å²) in [6, 6.07) is 2.98. The first-order valence-corrected chi connectivity index (χ1v) is 6.56. The van der Waals surface area contributed by atoms with Gasteiger partial charge in [0.15, 0.2) is 0 Å². The van der Waals surface area contributed by atoms with Crippen LogP contribution >= 0.6 is 0 Å². The third-order valence-corrected chi connectivity index (χ3v) is 3.87. The number of hydrogen-bond donors (Lipinski definition) is 1. The van der Waals surface area contributed by atoms with Crippen LogP contribution in [0.3, 0.4) is 0 Å². The van der Waals surface area contributed by atoms with Crippen LogP contribution in [0.5, 0.6) is 0 Å². The Morgan fingerprint density at radius 1 is 1.35 bits per heavy atom. The molecular formula is C13H16N4O3. The maximum absolute atomic E-state index is 12.4. The van der Waals surface area contributed by atoms with E-state index in [1.54, 1.807) is 29.1 Å². The summed E-state index contributed by atoms with van der Waals surface area (Å²) < 4.78 is 1.42. The molecule has 0 aromatic carbocycles. The van der Waals surface area contributed by atoms with Crippen molar-refractivity contribution >= 4 is 11.9 Å². The highest BCUT2D eigenvalue weighted by Gasteiger charge is 2.37. The molecule has 0 radical (unpaired) electrons. The molecule has 1 unspecified atom stereocenters. The summed E-state index contributed by atoms with van der Waals surface area (Å²) >= 11 is 0. The van der Waals surface area contributed by atoms with Gasteiger partial charge in [0.05, 0.1) is 6.04 Å². The molecule has 2 aliphatic heterocycles. The average Bonchev–Trinajstić information content (AvgIpc) is 2.82. The van der Waals surface area contributed by atoms with Crippen molar-refractivity contribution in [3.05, 3.63) is 34.2 Å². The minimum absolute atomic E-state index is 0.0340. The first kappa shape index (κ1) is 12.7. The van der Waals surface area contributed by atoms with Crippen molar-refractivity contribution in [2.45, 2.75) is 6.04 Å². The van der Waals surface area contributed by atoms with E-state index in [0.717, 1.165) is 0 Å². The molecular weight excluding hydrogens is 260 g/mol. The summed E-state index contributed by atoms with van der Waals surface area (Å²) in [6.07, 6.45) is 1.59. The fourth-order valence-corrected chi connectivity index (χ4v) is 2.65. The van der Waals surface area contributed by atoms with Gasteiger partial charge in [-0.1, -0.05) is 0 Å². The van der Waals surface area contributed by atoms with Crippen molar-refractivity contribution in [1.29, 1.82) is 0 Å². The molecule has 0 bridgehead atoms. The molecule has 20 heavy (non-hydrogen) atoms. The largest absolute Gasteiger partial charge is 0.336 e. The maximum Gasteiger partial charge on any atom is 0.317 e. The van der Waals surface area contributed by atoms with E-state index in [9.17, 15) is 14.4 Å². The first-order chi connectivity index (χ1) is 9.56. The Morgan fingerprint density at radius 2 is 2.15 bits per heavy atom. The van der Waals surface area contributed by atoms with Gasteiger partial charge in [0, 0.05) is 51.1 Å². The second-order valence-electron chi connectivity index (χ2n) is 5.15. The average molecular weight is 276 g/mol. The summed E-state index contributed by atoms with van der Waals surface area (Å²) in [5.41, 5.74) is 0.200. The molecule has 1 atom stereocenters. The Morgan fingerprint density at radius 3 is 2.90 bits per heavy atom. The van der Waals surface area contributed by atoms with Gasteiger partial charge in [-0.3, -0.25) is 9.59 Å². The third kappa shape index (κ3) is 2.04. The van der Waals surface area contributed by atoms with Gasteiger partial charge in [0.1, 0.15) is 0 Å². The number of amides is 3. The predicted molar refractivity (Wildman–Crippen MR) is 71.5 cm³/mol. The van der Waals surface area contributed by atoms with Gasteiger partial charge < -0.3 is 19.7 Å². The smallest absolute Gasteiger partial charge is 0.317 e. The zero-order valence-electron chi connectivity index (χ0n) is 11.2. The number of piperazine rings is 1. The maximum atomic E-state index is 12.4. The number of pyridine rings is 1. The van der Waals surface area contributed by atoms with Gasteiger partial charge in [0.25, 0.3) is 11.5 Å². The van der Waals surface area contributed by atoms with Crippen molar-refractivity contribution in [2.24, 2.45) is 7.05 Å². The van der Waals surface area contributed by atoms with E-state index in [0.29, 0.717) is 31.7 Å². The lowest BCUT2D eigenvalue weighted by Crippen LogP contribution is -2.53. The number of nitrogens with one attached hydrogen (secondary N) is 1. The number of nitrogens with zero attached hydrogens (tertiary/aromatic N) is 3. The minimum atomic E-state index is -0.202. The van der Waals surface area contributed by atoms with Crippen molar-refractivity contribution in [3.63, 3.8) is 0 Å². The second-order valence-corrected chi connectivity index (χ2v) is 5.15. The number of fused-ring (bicyclic) bond motifs is 1. The van der Waals surface area contributed by atoms with Gasteiger partial charge in [-0.05, 0) is 6.07 Å². The summed E-state index contributed by atoms with van der Waals surface area (Å²) in [5, 5.41) is 2.77. The molecule has 1 aromatic rings. The monoisotopic (exact) mass is 276 g/mol. The van der Waals surface area contributed by atoms with Crippen LogP contribution in [0.15, 0.2) is 23.1 Å². The van der Waals surface area contributed by atoms with Crippen LogP contribution in [-0.4, -0.2) is 58.5 Å².